The Morgan fingerprint density at radius 3 is 2.36 bits per heavy atom. The number of carbonyl (C=O) groups is 2. The van der Waals surface area contributed by atoms with Crippen molar-refractivity contribution in [3.05, 3.63) is 94.4 Å². The Bertz CT molecular complexity index is 1740. The Kier molecular flexibility index (Phi) is 10.6. The monoisotopic (exact) mass is 616 g/mol. The number of rotatable bonds is 8. The standard InChI is InChI=1S/C26H25FN2O5.C9H12O2/c1-4-7-19-20-21(25(31)29(19)5-2)24(34-26(32)33-6-3)22-18(23(20)30)13-16(14-28-22)12-15-8-10-17(27)11-9-15;1-7-4-5-8(10-2)6-9(7)11-3/h7-11,13-14,30H,4-6,12H2,1-3H3;4-6H,1-3H3/b19-7-;. The molecule has 9 nitrogen and oxygen atoms in total. The van der Waals surface area contributed by atoms with Gasteiger partial charge in [-0.3, -0.25) is 9.78 Å². The van der Waals surface area contributed by atoms with Crippen LogP contribution in [0, 0.1) is 12.7 Å². The van der Waals surface area contributed by atoms with E-state index >= 15 is 0 Å². The maximum absolute atomic E-state index is 13.3. The van der Waals surface area contributed by atoms with E-state index in [1.54, 1.807) is 45.5 Å². The number of pyridine rings is 1. The number of carbonyl (C=O) groups excluding carboxylic acids is 2. The number of fused-ring (bicyclic) bond motifs is 2. The van der Waals surface area contributed by atoms with E-state index < -0.39 is 6.16 Å². The molecule has 0 atom stereocenters. The van der Waals surface area contributed by atoms with Gasteiger partial charge in [0.25, 0.3) is 5.91 Å². The molecule has 0 radical (unpaired) electrons. The van der Waals surface area contributed by atoms with Gasteiger partial charge < -0.3 is 29.0 Å². The predicted octanol–water partition coefficient (Wildman–Crippen LogP) is 7.44. The Balaban J connectivity index is 0.000000354. The molecule has 45 heavy (non-hydrogen) atoms. The van der Waals surface area contributed by atoms with Crippen molar-refractivity contribution in [3.63, 3.8) is 0 Å². The number of aromatic nitrogens is 1. The number of aromatic hydroxyl groups is 1. The van der Waals surface area contributed by atoms with E-state index in [2.05, 4.69) is 4.98 Å². The van der Waals surface area contributed by atoms with Crippen LogP contribution in [0.25, 0.3) is 16.6 Å². The molecule has 1 amide bonds. The Hall–Kier alpha value is -5.12. The van der Waals surface area contributed by atoms with Crippen molar-refractivity contribution < 1.29 is 38.0 Å². The lowest BCUT2D eigenvalue weighted by Crippen LogP contribution is -2.23. The van der Waals surface area contributed by atoms with Crippen molar-refractivity contribution in [1.29, 1.82) is 0 Å². The van der Waals surface area contributed by atoms with Gasteiger partial charge >= 0.3 is 6.16 Å². The summed E-state index contributed by atoms with van der Waals surface area (Å²) in [5.41, 5.74) is 3.86. The average Bonchev–Trinajstić information content (AvgIpc) is 3.32. The highest BCUT2D eigenvalue weighted by Gasteiger charge is 2.39. The fraction of sp³-hybridized carbons (Fsp3) is 0.286. The second kappa shape index (κ2) is 14.6. The van der Waals surface area contributed by atoms with Gasteiger partial charge in [0.05, 0.1) is 37.7 Å². The molecular formula is C35H37FN2O7. The van der Waals surface area contributed by atoms with Crippen LogP contribution in [-0.4, -0.2) is 54.4 Å². The van der Waals surface area contributed by atoms with Gasteiger partial charge in [0.1, 0.15) is 28.6 Å². The van der Waals surface area contributed by atoms with Crippen molar-refractivity contribution in [2.24, 2.45) is 0 Å². The number of halogens is 1. The third kappa shape index (κ3) is 7.01. The molecule has 1 N–H and O–H groups in total. The zero-order valence-corrected chi connectivity index (χ0v) is 26.3. The highest BCUT2D eigenvalue weighted by atomic mass is 19.1. The molecule has 0 fully saturated rings. The highest BCUT2D eigenvalue weighted by Crippen LogP contribution is 2.48. The van der Waals surface area contributed by atoms with Crippen LogP contribution >= 0.6 is 0 Å². The van der Waals surface area contributed by atoms with E-state index in [0.717, 1.165) is 28.2 Å². The summed E-state index contributed by atoms with van der Waals surface area (Å²) in [6, 6.07) is 13.6. The van der Waals surface area contributed by atoms with Gasteiger partial charge in [0.15, 0.2) is 5.75 Å². The Morgan fingerprint density at radius 1 is 1.00 bits per heavy atom. The number of aryl methyl sites for hydroxylation is 1. The molecule has 10 heteroatoms. The number of hydrogen-bond acceptors (Lipinski definition) is 8. The molecule has 0 unspecified atom stereocenters. The summed E-state index contributed by atoms with van der Waals surface area (Å²) in [5.74, 6) is 0.827. The van der Waals surface area contributed by atoms with E-state index in [-0.39, 0.29) is 40.9 Å². The SMILES string of the molecule is CC/C=C1/c2c(c(OC(=O)OCC)c3ncc(Cc4ccc(F)cc4)cc3c2O)C(=O)N1CC.COc1ccc(C)c(OC)c1. The average molecular weight is 617 g/mol. The summed E-state index contributed by atoms with van der Waals surface area (Å²) in [4.78, 5) is 31.5. The number of nitrogens with zero attached hydrogens (tertiary/aromatic N) is 2. The molecular weight excluding hydrogens is 579 g/mol. The molecule has 0 aliphatic carbocycles. The van der Waals surface area contributed by atoms with Crippen LogP contribution in [-0.2, 0) is 11.2 Å². The van der Waals surface area contributed by atoms with Crippen molar-refractivity contribution in [3.8, 4) is 23.0 Å². The van der Waals surface area contributed by atoms with Crippen molar-refractivity contribution in [2.45, 2.75) is 40.5 Å². The smallest absolute Gasteiger partial charge is 0.507 e. The van der Waals surface area contributed by atoms with E-state index in [9.17, 15) is 19.1 Å². The minimum Gasteiger partial charge on any atom is -0.507 e. The molecule has 0 saturated heterocycles. The van der Waals surface area contributed by atoms with Crippen molar-refractivity contribution in [2.75, 3.05) is 27.4 Å². The number of hydrogen-bond donors (Lipinski definition) is 1. The lowest BCUT2D eigenvalue weighted by Gasteiger charge is -2.16. The van der Waals surface area contributed by atoms with E-state index in [0.29, 0.717) is 36.0 Å². The number of phenolic OH excluding ortho intramolecular Hbond substituents is 1. The highest BCUT2D eigenvalue weighted by molar-refractivity contribution is 6.17. The lowest BCUT2D eigenvalue weighted by atomic mass is 9.98. The zero-order valence-electron chi connectivity index (χ0n) is 26.3. The first kappa shape index (κ1) is 32.8. The third-order valence-electron chi connectivity index (χ3n) is 7.23. The second-order valence-corrected chi connectivity index (χ2v) is 10.1. The topological polar surface area (TPSA) is 107 Å². The van der Waals surface area contributed by atoms with Crippen LogP contribution in [0.5, 0.6) is 23.0 Å². The quantitative estimate of drug-likeness (QED) is 0.161. The lowest BCUT2D eigenvalue weighted by molar-refractivity contribution is 0.0848. The number of methoxy groups -OCH3 is 2. The summed E-state index contributed by atoms with van der Waals surface area (Å²) in [6.45, 7) is 7.87. The van der Waals surface area contributed by atoms with Gasteiger partial charge in [-0.05, 0) is 74.6 Å². The van der Waals surface area contributed by atoms with Crippen LogP contribution in [0.1, 0.15) is 59.8 Å². The molecule has 236 valence electrons. The molecule has 0 saturated carbocycles. The number of amides is 1. The van der Waals surface area contributed by atoms with Crippen molar-refractivity contribution >= 4 is 28.7 Å². The van der Waals surface area contributed by atoms with E-state index in [4.69, 9.17) is 18.9 Å². The second-order valence-electron chi connectivity index (χ2n) is 10.1. The predicted molar refractivity (Wildman–Crippen MR) is 170 cm³/mol. The maximum Gasteiger partial charge on any atom is 0.513 e. The van der Waals surface area contributed by atoms with Crippen LogP contribution in [0.3, 0.4) is 0 Å². The number of benzene rings is 3. The summed E-state index contributed by atoms with van der Waals surface area (Å²) in [5, 5.41) is 11.6. The molecule has 1 aliphatic heterocycles. The minimum absolute atomic E-state index is 0.0439. The third-order valence-corrected chi connectivity index (χ3v) is 7.23. The molecule has 4 aromatic rings. The van der Waals surface area contributed by atoms with Gasteiger partial charge in [-0.2, -0.15) is 0 Å². The summed E-state index contributed by atoms with van der Waals surface area (Å²) in [6.07, 6.45) is 3.55. The van der Waals surface area contributed by atoms with Gasteiger partial charge in [0.2, 0.25) is 0 Å². The van der Waals surface area contributed by atoms with Gasteiger partial charge in [-0.25, -0.2) is 9.18 Å². The first-order chi connectivity index (χ1) is 21.7. The fourth-order valence-corrected chi connectivity index (χ4v) is 5.10. The minimum atomic E-state index is -0.961. The number of phenols is 1. The summed E-state index contributed by atoms with van der Waals surface area (Å²) < 4.78 is 33.8. The molecule has 2 heterocycles. The normalized spacial score (nSPS) is 12.9. The molecule has 0 spiro atoms. The number of allylic oxidation sites excluding steroid dienone is 1. The van der Waals surface area contributed by atoms with Crippen LogP contribution < -0.4 is 14.2 Å². The Morgan fingerprint density at radius 2 is 1.73 bits per heavy atom. The van der Waals surface area contributed by atoms with E-state index in [1.807, 2.05) is 45.0 Å². The van der Waals surface area contributed by atoms with Crippen LogP contribution in [0.4, 0.5) is 9.18 Å². The van der Waals surface area contributed by atoms with Crippen molar-refractivity contribution in [1.82, 2.24) is 9.88 Å². The molecule has 5 rings (SSSR count). The number of ether oxygens (including phenoxy) is 4. The van der Waals surface area contributed by atoms with Crippen LogP contribution in [0.2, 0.25) is 0 Å². The van der Waals surface area contributed by atoms with E-state index in [1.165, 1.54) is 17.0 Å². The molecule has 1 aromatic heterocycles. The first-order valence-electron chi connectivity index (χ1n) is 14.6. The Labute approximate surface area is 261 Å². The first-order valence-corrected chi connectivity index (χ1v) is 14.6. The van der Waals surface area contributed by atoms with Crippen LogP contribution in [0.15, 0.2) is 60.8 Å². The van der Waals surface area contributed by atoms with Gasteiger partial charge in [-0.1, -0.05) is 31.2 Å². The summed E-state index contributed by atoms with van der Waals surface area (Å²) in [7, 11) is 3.30. The largest absolute Gasteiger partial charge is 0.513 e. The van der Waals surface area contributed by atoms with Gasteiger partial charge in [-0.15, -0.1) is 0 Å². The maximum atomic E-state index is 13.3. The molecule has 3 aromatic carbocycles. The fourth-order valence-electron chi connectivity index (χ4n) is 5.10. The van der Waals surface area contributed by atoms with Gasteiger partial charge in [0, 0.05) is 24.2 Å². The molecule has 0 bridgehead atoms. The zero-order chi connectivity index (χ0) is 32.7. The summed E-state index contributed by atoms with van der Waals surface area (Å²) >= 11 is 0. The molecule has 1 aliphatic rings.